The highest BCUT2D eigenvalue weighted by Gasteiger charge is 2.44. The lowest BCUT2D eigenvalue weighted by atomic mass is 10.0. The number of carbonyl (C=O) groups is 4. The minimum atomic E-state index is -1.04. The molecule has 0 unspecified atom stereocenters. The summed E-state index contributed by atoms with van der Waals surface area (Å²) in [6, 6.07) is 27.4. The molecule has 15 nitrogen and oxygen atoms in total. The number of likely N-dealkylation sites (tertiary alicyclic amines) is 2. The molecule has 2 aromatic heterocycles. The van der Waals surface area contributed by atoms with Gasteiger partial charge in [0.25, 0.3) is 11.8 Å². The van der Waals surface area contributed by atoms with Crippen molar-refractivity contribution in [1.82, 2.24) is 24.8 Å². The number of methoxy groups -OCH3 is 4. The Morgan fingerprint density at radius 3 is 1.58 bits per heavy atom. The second-order valence-electron chi connectivity index (χ2n) is 15.2. The van der Waals surface area contributed by atoms with Gasteiger partial charge in [-0.2, -0.15) is 4.98 Å². The number of carbonyl (C=O) groups excluding carboxylic acids is 2. The lowest BCUT2D eigenvalue weighted by Crippen LogP contribution is -2.41. The van der Waals surface area contributed by atoms with Gasteiger partial charge in [-0.05, 0) is 90.9 Å². The summed E-state index contributed by atoms with van der Waals surface area (Å²) >= 11 is 12.8. The van der Waals surface area contributed by atoms with Crippen molar-refractivity contribution in [3.05, 3.63) is 148 Å². The number of halogens is 2. The number of ether oxygens (including phenoxy) is 4. The third-order valence-corrected chi connectivity index (χ3v) is 12.3. The van der Waals surface area contributed by atoms with Crippen molar-refractivity contribution < 1.29 is 48.3 Å². The van der Waals surface area contributed by atoms with E-state index in [1.807, 2.05) is 36.4 Å². The molecule has 4 atom stereocenters. The number of aromatic nitrogens is 3. The van der Waals surface area contributed by atoms with Crippen LogP contribution in [0.1, 0.15) is 69.6 Å². The Hall–Kier alpha value is -7.23. The van der Waals surface area contributed by atoms with Crippen LogP contribution in [0.5, 0.6) is 23.5 Å². The summed E-state index contributed by atoms with van der Waals surface area (Å²) in [5.74, 6) is -1.55. The molecule has 66 heavy (non-hydrogen) atoms. The Morgan fingerprint density at radius 1 is 0.576 bits per heavy atom. The summed E-state index contributed by atoms with van der Waals surface area (Å²) in [6.07, 6.45) is 4.93. The third-order valence-electron chi connectivity index (χ3n) is 11.6. The van der Waals surface area contributed by atoms with Gasteiger partial charge in [-0.25, -0.2) is 19.6 Å². The largest absolute Gasteiger partial charge is 0.496 e. The minimum absolute atomic E-state index is 0.240. The van der Waals surface area contributed by atoms with E-state index in [0.29, 0.717) is 75.5 Å². The molecule has 2 aliphatic heterocycles. The molecule has 0 spiro atoms. The molecule has 4 aromatic carbocycles. The Labute approximate surface area is 390 Å². The molecular formula is C49H45Cl2N5O10. The fourth-order valence-electron chi connectivity index (χ4n) is 8.40. The maximum Gasteiger partial charge on any atom is 0.326 e. The van der Waals surface area contributed by atoms with Gasteiger partial charge in [0.15, 0.2) is 0 Å². The van der Waals surface area contributed by atoms with Gasteiger partial charge in [-0.15, -0.1) is 0 Å². The van der Waals surface area contributed by atoms with Gasteiger partial charge in [0.1, 0.15) is 17.8 Å². The van der Waals surface area contributed by atoms with Gasteiger partial charge in [0, 0.05) is 56.3 Å². The van der Waals surface area contributed by atoms with E-state index in [4.69, 9.17) is 42.1 Å². The third kappa shape index (κ3) is 9.72. The standard InChI is InChI=1S/C25H23ClN2O5.C24H22ClN3O5/c1-32-22-14-11-17(23(27-22)33-2)15-7-9-16(10-8-15)24(29)28-20(12-13-21(28)25(30)31)18-5-3-4-6-19(18)26;1-32-21-11-14(7-8-16(21)15-12-26-24(33-2)27-13-15)22(29)28-19(9-10-20(28)23(30)31)17-5-3-4-6-18(17)25/h3-11,14,20-21H,12-13H2,1-2H3,(H,30,31);3-8,11-13,19-20H,9-10H2,1-2H3,(H,30,31)/t20-,21+;19-,20+/m11/s1. The van der Waals surface area contributed by atoms with Crippen LogP contribution < -0.4 is 18.9 Å². The van der Waals surface area contributed by atoms with Crippen molar-refractivity contribution in [2.24, 2.45) is 0 Å². The van der Waals surface area contributed by atoms with Crippen LogP contribution in [-0.2, 0) is 9.59 Å². The van der Waals surface area contributed by atoms with Crippen LogP contribution in [-0.4, -0.2) is 99.2 Å². The van der Waals surface area contributed by atoms with Crippen LogP contribution in [0, 0.1) is 0 Å². The molecule has 4 heterocycles. The summed E-state index contributed by atoms with van der Waals surface area (Å²) in [5, 5.41) is 20.5. The number of nitrogens with zero attached hydrogens (tertiary/aromatic N) is 5. The van der Waals surface area contributed by atoms with Crippen LogP contribution >= 0.6 is 23.2 Å². The molecule has 2 saturated heterocycles. The van der Waals surface area contributed by atoms with E-state index in [1.165, 1.54) is 38.2 Å². The highest BCUT2D eigenvalue weighted by Crippen LogP contribution is 2.42. The fourth-order valence-corrected chi connectivity index (χ4v) is 8.92. The van der Waals surface area contributed by atoms with Gasteiger partial charge < -0.3 is 39.0 Å². The zero-order valence-electron chi connectivity index (χ0n) is 36.3. The van der Waals surface area contributed by atoms with Gasteiger partial charge in [0.05, 0.1) is 40.5 Å². The van der Waals surface area contributed by atoms with Crippen LogP contribution in [0.3, 0.4) is 0 Å². The zero-order chi connectivity index (χ0) is 47.1. The lowest BCUT2D eigenvalue weighted by Gasteiger charge is -2.29. The molecular weight excluding hydrogens is 889 g/mol. The molecule has 8 rings (SSSR count). The first kappa shape index (κ1) is 46.8. The van der Waals surface area contributed by atoms with Crippen molar-refractivity contribution in [3.63, 3.8) is 0 Å². The van der Waals surface area contributed by atoms with E-state index in [2.05, 4.69) is 15.0 Å². The maximum absolute atomic E-state index is 13.6. The predicted octanol–water partition coefficient (Wildman–Crippen LogP) is 9.09. The van der Waals surface area contributed by atoms with E-state index < -0.39 is 42.0 Å². The Bertz CT molecular complexity index is 2740. The molecule has 2 aliphatic rings. The summed E-state index contributed by atoms with van der Waals surface area (Å²) in [6.45, 7) is 0. The molecule has 2 amide bonds. The average molecular weight is 935 g/mol. The topological polar surface area (TPSA) is 191 Å². The van der Waals surface area contributed by atoms with E-state index in [9.17, 15) is 29.4 Å². The number of rotatable bonds is 12. The first-order valence-electron chi connectivity index (χ1n) is 20.7. The number of aliphatic carboxylic acids is 2. The van der Waals surface area contributed by atoms with Crippen molar-refractivity contribution in [2.75, 3.05) is 28.4 Å². The van der Waals surface area contributed by atoms with Crippen molar-refractivity contribution in [1.29, 1.82) is 0 Å². The number of benzene rings is 4. The van der Waals surface area contributed by atoms with Crippen molar-refractivity contribution in [3.8, 4) is 45.8 Å². The molecule has 340 valence electrons. The molecule has 2 N–H and O–H groups in total. The van der Waals surface area contributed by atoms with Crippen LogP contribution in [0.2, 0.25) is 10.0 Å². The van der Waals surface area contributed by atoms with Gasteiger partial charge in [-0.1, -0.05) is 71.7 Å². The average Bonchev–Trinajstić information content (AvgIpc) is 4.00. The van der Waals surface area contributed by atoms with E-state index in [-0.39, 0.29) is 11.9 Å². The van der Waals surface area contributed by atoms with E-state index in [1.54, 1.807) is 79.1 Å². The van der Waals surface area contributed by atoms with Gasteiger partial charge in [-0.3, -0.25) is 9.59 Å². The van der Waals surface area contributed by atoms with Crippen molar-refractivity contribution in [2.45, 2.75) is 49.9 Å². The molecule has 0 radical (unpaired) electrons. The fraction of sp³-hybridized carbons (Fsp3) is 0.245. The SMILES string of the molecule is COc1ccc(-c2ccc(C(=O)N3[C@@H](c4ccccc4Cl)CC[C@H]3C(=O)O)cc2)c(OC)n1.COc1ncc(-c2ccc(C(=O)N3[C@@H](c4ccccc4Cl)CC[C@H]3C(=O)O)cc2OC)cn1. The van der Waals surface area contributed by atoms with Crippen LogP contribution in [0.4, 0.5) is 0 Å². The number of hydrogen-bond acceptors (Lipinski definition) is 11. The summed E-state index contributed by atoms with van der Waals surface area (Å²) in [5.41, 5.74) is 5.12. The number of carboxylic acids is 2. The first-order valence-corrected chi connectivity index (χ1v) is 21.5. The Balaban J connectivity index is 0.000000196. The van der Waals surface area contributed by atoms with E-state index >= 15 is 0 Å². The minimum Gasteiger partial charge on any atom is -0.496 e. The van der Waals surface area contributed by atoms with Crippen LogP contribution in [0.25, 0.3) is 22.3 Å². The second kappa shape index (κ2) is 20.7. The Morgan fingerprint density at radius 2 is 1.09 bits per heavy atom. The lowest BCUT2D eigenvalue weighted by molar-refractivity contribution is -0.142. The molecule has 0 bridgehead atoms. The second-order valence-corrected chi connectivity index (χ2v) is 16.0. The quantitative estimate of drug-likeness (QED) is 0.118. The number of pyridine rings is 1. The highest BCUT2D eigenvalue weighted by molar-refractivity contribution is 6.31. The molecule has 17 heteroatoms. The summed E-state index contributed by atoms with van der Waals surface area (Å²) < 4.78 is 21.0. The highest BCUT2D eigenvalue weighted by atomic mass is 35.5. The zero-order valence-corrected chi connectivity index (χ0v) is 37.8. The summed E-state index contributed by atoms with van der Waals surface area (Å²) in [7, 11) is 6.03. The number of hydrogen-bond donors (Lipinski definition) is 2. The molecule has 0 saturated carbocycles. The molecule has 0 aliphatic carbocycles. The monoisotopic (exact) mass is 933 g/mol. The smallest absolute Gasteiger partial charge is 0.326 e. The summed E-state index contributed by atoms with van der Waals surface area (Å²) in [4.78, 5) is 66.3. The van der Waals surface area contributed by atoms with Crippen molar-refractivity contribution >= 4 is 47.0 Å². The number of carboxylic acid groups (broad SMARTS) is 2. The van der Waals surface area contributed by atoms with Crippen LogP contribution in [0.15, 0.2) is 116 Å². The first-order chi connectivity index (χ1) is 31.9. The van der Waals surface area contributed by atoms with E-state index in [0.717, 1.165) is 22.3 Å². The maximum atomic E-state index is 13.6. The Kier molecular flexibility index (Phi) is 14.7. The molecule has 2 fully saturated rings. The predicted molar refractivity (Wildman–Crippen MR) is 245 cm³/mol. The number of amides is 2. The normalized spacial score (nSPS) is 17.6. The van der Waals surface area contributed by atoms with Gasteiger partial charge in [0.2, 0.25) is 11.8 Å². The van der Waals surface area contributed by atoms with Gasteiger partial charge >= 0.3 is 17.9 Å². The molecule has 6 aromatic rings.